The van der Waals surface area contributed by atoms with Crippen LogP contribution in [0.4, 0.5) is 0 Å². The Morgan fingerprint density at radius 3 is 2.54 bits per heavy atom. The minimum Gasteiger partial charge on any atom is -0.338 e. The molecule has 0 N–H and O–H groups in total. The minimum atomic E-state index is -0.303. The molecule has 1 aromatic carbocycles. The lowest BCUT2D eigenvalue weighted by atomic mass is 10.0. The quantitative estimate of drug-likeness (QED) is 0.713. The molecule has 2 aromatic rings. The molecule has 1 fully saturated rings. The average molecular weight is 382 g/mol. The molecule has 0 radical (unpaired) electrons. The molecule has 146 valence electrons. The highest BCUT2D eigenvalue weighted by atomic mass is 16.2. The Kier molecular flexibility index (Phi) is 4.89. The van der Waals surface area contributed by atoms with Crippen molar-refractivity contribution in [3.8, 4) is 0 Å². The summed E-state index contributed by atoms with van der Waals surface area (Å²) in [5.41, 5.74) is 0.843. The standard InChI is InChI=1S/C19H22N6O3/c1-13-6-4-5-10-23(13)17(26)12-25-21-16(20-22-25)9-11-24-18(27)14-7-2-3-8-15(14)19(24)28/h2-3,7-8,13H,4-6,9-12H2,1H3/t13-/m0/s1. The molecular formula is C19H22N6O3. The highest BCUT2D eigenvalue weighted by molar-refractivity contribution is 6.21. The summed E-state index contributed by atoms with van der Waals surface area (Å²) in [4.78, 5) is 41.6. The van der Waals surface area contributed by atoms with Crippen LogP contribution in [0.25, 0.3) is 0 Å². The predicted molar refractivity (Wildman–Crippen MR) is 98.4 cm³/mol. The van der Waals surface area contributed by atoms with Gasteiger partial charge in [-0.25, -0.2) is 0 Å². The third-order valence-electron chi connectivity index (χ3n) is 5.33. The molecule has 3 heterocycles. The highest BCUT2D eigenvalue weighted by Crippen LogP contribution is 2.22. The number of rotatable bonds is 5. The van der Waals surface area contributed by atoms with E-state index in [1.807, 2.05) is 4.90 Å². The van der Waals surface area contributed by atoms with Crippen molar-refractivity contribution in [2.24, 2.45) is 0 Å². The molecule has 4 rings (SSSR count). The Bertz CT molecular complexity index is 889. The minimum absolute atomic E-state index is 0.0171. The van der Waals surface area contributed by atoms with Gasteiger partial charge in [0.1, 0.15) is 6.54 Å². The summed E-state index contributed by atoms with van der Waals surface area (Å²) in [7, 11) is 0. The first kappa shape index (κ1) is 18.3. The molecule has 9 nitrogen and oxygen atoms in total. The zero-order valence-electron chi connectivity index (χ0n) is 15.7. The number of imide groups is 1. The summed E-state index contributed by atoms with van der Waals surface area (Å²) in [6.45, 7) is 3.04. The van der Waals surface area contributed by atoms with Gasteiger partial charge >= 0.3 is 0 Å². The number of carbonyl (C=O) groups is 3. The zero-order valence-corrected chi connectivity index (χ0v) is 15.7. The second kappa shape index (κ2) is 7.49. The molecule has 1 saturated heterocycles. The van der Waals surface area contributed by atoms with Crippen molar-refractivity contribution in [1.29, 1.82) is 0 Å². The summed E-state index contributed by atoms with van der Waals surface area (Å²) >= 11 is 0. The van der Waals surface area contributed by atoms with E-state index in [1.54, 1.807) is 24.3 Å². The lowest BCUT2D eigenvalue weighted by Crippen LogP contribution is -2.43. The van der Waals surface area contributed by atoms with Gasteiger partial charge in [-0.2, -0.15) is 4.80 Å². The first-order valence-electron chi connectivity index (χ1n) is 9.56. The average Bonchev–Trinajstić information content (AvgIpc) is 3.24. The van der Waals surface area contributed by atoms with Gasteiger partial charge in [-0.05, 0) is 43.5 Å². The van der Waals surface area contributed by atoms with Crippen LogP contribution in [0.5, 0.6) is 0 Å². The number of aromatic nitrogens is 4. The van der Waals surface area contributed by atoms with Crippen LogP contribution in [0, 0.1) is 0 Å². The summed E-state index contributed by atoms with van der Waals surface area (Å²) in [5, 5.41) is 12.1. The monoisotopic (exact) mass is 382 g/mol. The van der Waals surface area contributed by atoms with Gasteiger partial charge in [-0.15, -0.1) is 10.2 Å². The van der Waals surface area contributed by atoms with E-state index >= 15 is 0 Å². The maximum absolute atomic E-state index is 12.5. The fourth-order valence-electron chi connectivity index (χ4n) is 3.78. The molecule has 28 heavy (non-hydrogen) atoms. The number of nitrogens with zero attached hydrogens (tertiary/aromatic N) is 6. The van der Waals surface area contributed by atoms with Crippen molar-refractivity contribution in [3.05, 3.63) is 41.2 Å². The van der Waals surface area contributed by atoms with Gasteiger partial charge < -0.3 is 4.90 Å². The van der Waals surface area contributed by atoms with Crippen LogP contribution >= 0.6 is 0 Å². The van der Waals surface area contributed by atoms with Gasteiger partial charge in [-0.3, -0.25) is 19.3 Å². The molecule has 9 heteroatoms. The topological polar surface area (TPSA) is 101 Å². The molecule has 0 aliphatic carbocycles. The van der Waals surface area contributed by atoms with Crippen molar-refractivity contribution in [3.63, 3.8) is 0 Å². The number of carbonyl (C=O) groups excluding carboxylic acids is 3. The molecular weight excluding hydrogens is 360 g/mol. The highest BCUT2D eigenvalue weighted by Gasteiger charge is 2.34. The summed E-state index contributed by atoms with van der Waals surface area (Å²) < 4.78 is 0. The molecule has 3 amide bonds. The number of fused-ring (bicyclic) bond motifs is 1. The number of amides is 3. The van der Waals surface area contributed by atoms with Crippen LogP contribution in [-0.2, 0) is 17.8 Å². The van der Waals surface area contributed by atoms with Crippen molar-refractivity contribution in [1.82, 2.24) is 30.0 Å². The van der Waals surface area contributed by atoms with E-state index in [-0.39, 0.29) is 36.9 Å². The smallest absolute Gasteiger partial charge is 0.261 e. The van der Waals surface area contributed by atoms with Crippen molar-refractivity contribution >= 4 is 17.7 Å². The number of likely N-dealkylation sites (tertiary alicyclic amines) is 1. The number of hydrogen-bond donors (Lipinski definition) is 0. The third-order valence-corrected chi connectivity index (χ3v) is 5.33. The van der Waals surface area contributed by atoms with Crippen LogP contribution in [0.3, 0.4) is 0 Å². The molecule has 1 atom stereocenters. The molecule has 2 aliphatic rings. The Labute approximate surface area is 162 Å². The lowest BCUT2D eigenvalue weighted by molar-refractivity contribution is -0.135. The maximum atomic E-state index is 12.5. The van der Waals surface area contributed by atoms with E-state index in [1.165, 1.54) is 9.70 Å². The molecule has 0 bridgehead atoms. The van der Waals surface area contributed by atoms with Gasteiger partial charge in [0.25, 0.3) is 11.8 Å². The Morgan fingerprint density at radius 2 is 1.86 bits per heavy atom. The van der Waals surface area contributed by atoms with Gasteiger partial charge in [0.05, 0.1) is 11.1 Å². The number of hydrogen-bond acceptors (Lipinski definition) is 6. The fraction of sp³-hybridized carbons (Fsp3) is 0.474. The van der Waals surface area contributed by atoms with Crippen LogP contribution in [0.15, 0.2) is 24.3 Å². The Morgan fingerprint density at radius 1 is 1.14 bits per heavy atom. The van der Waals surface area contributed by atoms with Crippen LogP contribution in [0.1, 0.15) is 52.7 Å². The number of benzene rings is 1. The van der Waals surface area contributed by atoms with E-state index in [4.69, 9.17) is 0 Å². The largest absolute Gasteiger partial charge is 0.338 e. The van der Waals surface area contributed by atoms with Crippen LogP contribution < -0.4 is 0 Å². The van der Waals surface area contributed by atoms with Gasteiger partial charge in [0.2, 0.25) is 5.91 Å². The van der Waals surface area contributed by atoms with E-state index < -0.39 is 0 Å². The maximum Gasteiger partial charge on any atom is 0.261 e. The van der Waals surface area contributed by atoms with Crippen LogP contribution in [0.2, 0.25) is 0 Å². The van der Waals surface area contributed by atoms with Gasteiger partial charge in [-0.1, -0.05) is 12.1 Å². The van der Waals surface area contributed by atoms with Gasteiger partial charge in [0, 0.05) is 25.6 Å². The molecule has 0 spiro atoms. The summed E-state index contributed by atoms with van der Waals surface area (Å²) in [5.74, 6) is -0.225. The SMILES string of the molecule is C[C@H]1CCCCN1C(=O)Cn1nnc(CCN2C(=O)c3ccccc3C2=O)n1. The van der Waals surface area contributed by atoms with E-state index in [2.05, 4.69) is 22.3 Å². The Hall–Kier alpha value is -3.10. The lowest BCUT2D eigenvalue weighted by Gasteiger charge is -2.33. The summed E-state index contributed by atoms with van der Waals surface area (Å²) in [6, 6.07) is 7.01. The molecule has 0 unspecified atom stereocenters. The van der Waals surface area contributed by atoms with Crippen molar-refractivity contribution in [2.75, 3.05) is 13.1 Å². The second-order valence-electron chi connectivity index (χ2n) is 7.23. The first-order valence-corrected chi connectivity index (χ1v) is 9.56. The van der Waals surface area contributed by atoms with E-state index in [9.17, 15) is 14.4 Å². The molecule has 0 saturated carbocycles. The van der Waals surface area contributed by atoms with E-state index in [0.717, 1.165) is 25.8 Å². The predicted octanol–water partition coefficient (Wildman–Crippen LogP) is 0.913. The Balaban J connectivity index is 1.35. The van der Waals surface area contributed by atoms with Crippen molar-refractivity contribution < 1.29 is 14.4 Å². The summed E-state index contributed by atoms with van der Waals surface area (Å²) in [6.07, 6.45) is 3.47. The number of piperidine rings is 1. The molecule has 1 aromatic heterocycles. The van der Waals surface area contributed by atoms with E-state index in [0.29, 0.717) is 23.4 Å². The molecule has 2 aliphatic heterocycles. The third kappa shape index (κ3) is 3.39. The fourth-order valence-corrected chi connectivity index (χ4v) is 3.78. The number of tetrazole rings is 1. The normalized spacial score (nSPS) is 19.2. The first-order chi connectivity index (χ1) is 13.5. The second-order valence-corrected chi connectivity index (χ2v) is 7.23. The van der Waals surface area contributed by atoms with Crippen molar-refractivity contribution in [2.45, 2.75) is 45.2 Å². The van der Waals surface area contributed by atoms with Gasteiger partial charge in [0.15, 0.2) is 5.82 Å². The zero-order chi connectivity index (χ0) is 19.7. The van der Waals surface area contributed by atoms with Crippen LogP contribution in [-0.4, -0.2) is 66.9 Å².